The normalized spacial score (nSPS) is 21.6. The molecule has 2 rings (SSSR count). The van der Waals surface area contributed by atoms with Crippen LogP contribution in [0, 0.1) is 0 Å². The molecule has 0 aromatic carbocycles. The van der Waals surface area contributed by atoms with Crippen molar-refractivity contribution in [1.29, 1.82) is 0 Å². The Morgan fingerprint density at radius 2 is 2.19 bits per heavy atom. The molecule has 1 saturated heterocycles. The fraction of sp³-hybridized carbons (Fsp3) is 0.571. The first-order chi connectivity index (χ1) is 9.87. The summed E-state index contributed by atoms with van der Waals surface area (Å²) in [6.07, 6.45) is 6.09. The fourth-order valence-corrected chi connectivity index (χ4v) is 2.60. The van der Waals surface area contributed by atoms with Crippen LogP contribution in [0.25, 0.3) is 0 Å². The van der Waals surface area contributed by atoms with Crippen LogP contribution in [-0.2, 0) is 14.3 Å². The predicted octanol–water partition coefficient (Wildman–Crippen LogP) is 2.54. The maximum Gasteiger partial charge on any atom is 0.411 e. The standard InChI is InChI=1S/C14H20N2O4S/c1-14(2,3)20-13(18)16-9-5-6-10(16)12(17)19-11-7-4-8-15-21-11/h4,7-8,10,15H,5-6,9H2,1-3H3/t10-/m0/s1. The van der Waals surface area contributed by atoms with E-state index in [1.54, 1.807) is 39.1 Å². The van der Waals surface area contributed by atoms with Gasteiger partial charge in [0.2, 0.25) is 0 Å². The van der Waals surface area contributed by atoms with Crippen molar-refractivity contribution in [2.45, 2.75) is 45.3 Å². The van der Waals surface area contributed by atoms with Crippen molar-refractivity contribution in [3.63, 3.8) is 0 Å². The van der Waals surface area contributed by atoms with Crippen LogP contribution in [0.1, 0.15) is 33.6 Å². The molecule has 21 heavy (non-hydrogen) atoms. The minimum Gasteiger partial charge on any atom is -0.444 e. The summed E-state index contributed by atoms with van der Waals surface area (Å²) in [5.74, 6) is -0.422. The Labute approximate surface area is 128 Å². The lowest BCUT2D eigenvalue weighted by Gasteiger charge is -2.27. The molecule has 6 nitrogen and oxygen atoms in total. The van der Waals surface area contributed by atoms with E-state index >= 15 is 0 Å². The van der Waals surface area contributed by atoms with Gasteiger partial charge in [-0.2, -0.15) is 0 Å². The molecule has 2 aliphatic heterocycles. The number of allylic oxidation sites excluding steroid dienone is 2. The maximum absolute atomic E-state index is 12.2. The smallest absolute Gasteiger partial charge is 0.411 e. The van der Waals surface area contributed by atoms with E-state index in [9.17, 15) is 9.59 Å². The number of hydrogen-bond acceptors (Lipinski definition) is 6. The number of likely N-dealkylation sites (tertiary alicyclic amines) is 1. The number of hydrogen-bond donors (Lipinski definition) is 1. The second-order valence-electron chi connectivity index (χ2n) is 5.82. The largest absolute Gasteiger partial charge is 0.444 e. The minimum absolute atomic E-state index is 0.422. The van der Waals surface area contributed by atoms with Gasteiger partial charge in [-0.15, -0.1) is 0 Å². The first-order valence-corrected chi connectivity index (χ1v) is 7.69. The molecule has 0 saturated carbocycles. The average molecular weight is 312 g/mol. The molecule has 2 aliphatic rings. The highest BCUT2D eigenvalue weighted by Gasteiger charge is 2.38. The van der Waals surface area contributed by atoms with Gasteiger partial charge >= 0.3 is 12.1 Å². The van der Waals surface area contributed by atoms with E-state index in [-0.39, 0.29) is 0 Å². The fourth-order valence-electron chi connectivity index (χ4n) is 2.06. The van der Waals surface area contributed by atoms with Gasteiger partial charge in [-0.05, 0) is 45.8 Å². The van der Waals surface area contributed by atoms with E-state index < -0.39 is 23.7 Å². The summed E-state index contributed by atoms with van der Waals surface area (Å²) >= 11 is 1.22. The molecule has 0 unspecified atom stereocenters. The molecular weight excluding hydrogens is 292 g/mol. The van der Waals surface area contributed by atoms with E-state index in [1.165, 1.54) is 16.8 Å². The van der Waals surface area contributed by atoms with Crippen LogP contribution in [0.5, 0.6) is 0 Å². The van der Waals surface area contributed by atoms with E-state index in [4.69, 9.17) is 9.47 Å². The Morgan fingerprint density at radius 3 is 2.81 bits per heavy atom. The number of nitrogens with one attached hydrogen (secondary N) is 1. The summed E-state index contributed by atoms with van der Waals surface area (Å²) in [5.41, 5.74) is -0.579. The van der Waals surface area contributed by atoms with Gasteiger partial charge in [-0.25, -0.2) is 9.59 Å². The third-order valence-electron chi connectivity index (χ3n) is 2.91. The third-order valence-corrected chi connectivity index (χ3v) is 3.58. The highest BCUT2D eigenvalue weighted by molar-refractivity contribution is 8.01. The lowest BCUT2D eigenvalue weighted by molar-refractivity contribution is -0.143. The van der Waals surface area contributed by atoms with Crippen molar-refractivity contribution < 1.29 is 19.1 Å². The van der Waals surface area contributed by atoms with Crippen LogP contribution in [0.2, 0.25) is 0 Å². The minimum atomic E-state index is -0.579. The van der Waals surface area contributed by atoms with Crippen LogP contribution in [0.3, 0.4) is 0 Å². The molecule has 116 valence electrons. The summed E-state index contributed by atoms with van der Waals surface area (Å²) in [7, 11) is 0. The van der Waals surface area contributed by atoms with Gasteiger partial charge < -0.3 is 14.2 Å². The summed E-state index contributed by atoms with van der Waals surface area (Å²) in [5, 5.41) is 0.471. The Balaban J connectivity index is 1.97. The zero-order valence-corrected chi connectivity index (χ0v) is 13.2. The molecule has 7 heteroatoms. The molecule has 1 atom stereocenters. The number of nitrogens with zero attached hydrogens (tertiary/aromatic N) is 1. The SMILES string of the molecule is CC(C)(C)OC(=O)N1CCC[C@H]1C(=O)OC1=CC=CNS1. The summed E-state index contributed by atoms with van der Waals surface area (Å²) in [6, 6.07) is -0.577. The summed E-state index contributed by atoms with van der Waals surface area (Å²) < 4.78 is 13.5. The van der Waals surface area contributed by atoms with E-state index in [0.29, 0.717) is 18.1 Å². The molecule has 0 aromatic heterocycles. The molecule has 2 heterocycles. The third kappa shape index (κ3) is 4.42. The molecule has 1 amide bonds. The van der Waals surface area contributed by atoms with E-state index in [1.807, 2.05) is 0 Å². The average Bonchev–Trinajstić information content (AvgIpc) is 2.87. The molecule has 0 aromatic rings. The van der Waals surface area contributed by atoms with Gasteiger partial charge in [-0.1, -0.05) is 0 Å². The van der Waals surface area contributed by atoms with E-state index in [2.05, 4.69) is 4.72 Å². The number of rotatable bonds is 2. The Bertz CT molecular complexity index is 482. The van der Waals surface area contributed by atoms with E-state index in [0.717, 1.165) is 6.42 Å². The highest BCUT2D eigenvalue weighted by Crippen LogP contribution is 2.24. The molecule has 1 N–H and O–H groups in total. The molecule has 0 bridgehead atoms. The summed E-state index contributed by atoms with van der Waals surface area (Å²) in [6.45, 7) is 5.92. The lowest BCUT2D eigenvalue weighted by atomic mass is 10.2. The lowest BCUT2D eigenvalue weighted by Crippen LogP contribution is -2.44. The van der Waals surface area contributed by atoms with Crippen molar-refractivity contribution in [2.24, 2.45) is 0 Å². The zero-order valence-electron chi connectivity index (χ0n) is 12.4. The number of carbonyl (C=O) groups excluding carboxylic acids is 2. The maximum atomic E-state index is 12.2. The first-order valence-electron chi connectivity index (χ1n) is 6.87. The number of esters is 1. The van der Waals surface area contributed by atoms with Crippen LogP contribution in [-0.4, -0.2) is 35.2 Å². The van der Waals surface area contributed by atoms with Crippen LogP contribution >= 0.6 is 11.9 Å². The number of ether oxygens (including phenoxy) is 2. The second-order valence-corrected chi connectivity index (χ2v) is 6.66. The van der Waals surface area contributed by atoms with Crippen molar-refractivity contribution in [1.82, 2.24) is 9.62 Å². The second kappa shape index (κ2) is 6.43. The monoisotopic (exact) mass is 312 g/mol. The van der Waals surface area contributed by atoms with Gasteiger partial charge in [0, 0.05) is 24.7 Å². The van der Waals surface area contributed by atoms with Gasteiger partial charge in [-0.3, -0.25) is 4.90 Å². The Morgan fingerprint density at radius 1 is 1.43 bits per heavy atom. The van der Waals surface area contributed by atoms with Gasteiger partial charge in [0.25, 0.3) is 0 Å². The molecule has 0 radical (unpaired) electrons. The van der Waals surface area contributed by atoms with Crippen LogP contribution in [0.4, 0.5) is 4.79 Å². The predicted molar refractivity (Wildman–Crippen MR) is 80.0 cm³/mol. The molecule has 0 aliphatic carbocycles. The number of carbonyl (C=O) groups is 2. The summed E-state index contributed by atoms with van der Waals surface area (Å²) in [4.78, 5) is 25.8. The Hall–Kier alpha value is -1.63. The van der Waals surface area contributed by atoms with Gasteiger partial charge in [0.15, 0.2) is 5.09 Å². The van der Waals surface area contributed by atoms with Crippen LogP contribution in [0.15, 0.2) is 23.4 Å². The number of amides is 1. The molecular formula is C14H20N2O4S. The van der Waals surface area contributed by atoms with Crippen molar-refractivity contribution in [3.05, 3.63) is 23.4 Å². The highest BCUT2D eigenvalue weighted by atomic mass is 32.2. The van der Waals surface area contributed by atoms with Crippen LogP contribution < -0.4 is 4.72 Å². The molecule has 1 fully saturated rings. The van der Waals surface area contributed by atoms with Crippen molar-refractivity contribution in [3.8, 4) is 0 Å². The zero-order chi connectivity index (χ0) is 15.5. The quantitative estimate of drug-likeness (QED) is 0.624. The topological polar surface area (TPSA) is 67.9 Å². The van der Waals surface area contributed by atoms with Gasteiger partial charge in [0.05, 0.1) is 0 Å². The van der Waals surface area contributed by atoms with Crippen molar-refractivity contribution >= 4 is 24.0 Å². The van der Waals surface area contributed by atoms with Crippen molar-refractivity contribution in [2.75, 3.05) is 6.54 Å². The Kier molecular flexibility index (Phi) is 4.82. The van der Waals surface area contributed by atoms with Gasteiger partial charge in [0.1, 0.15) is 11.6 Å². The molecule has 0 spiro atoms. The first kappa shape index (κ1) is 15.8.